The molecule has 0 bridgehead atoms. The predicted molar refractivity (Wildman–Crippen MR) is 73.7 cm³/mol. The molecule has 0 aliphatic carbocycles. The third kappa shape index (κ3) is 4.42. The van der Waals surface area contributed by atoms with Gasteiger partial charge in [0, 0.05) is 30.8 Å². The molecule has 1 amide bonds. The molecule has 0 saturated heterocycles. The van der Waals surface area contributed by atoms with Crippen molar-refractivity contribution >= 4 is 48.8 Å². The Kier molecular flexibility index (Phi) is 5.32. The van der Waals surface area contributed by atoms with Crippen LogP contribution in [0.15, 0.2) is 17.0 Å². The molecule has 0 unspecified atom stereocenters. The van der Waals surface area contributed by atoms with Gasteiger partial charge >= 0.3 is 0 Å². The molecular weight excluding hydrogens is 337 g/mol. The number of halogens is 3. The number of hydrogen-bond donors (Lipinski definition) is 0. The molecule has 106 valence electrons. The average Bonchev–Trinajstić information content (AvgIpc) is 2.27. The summed E-state index contributed by atoms with van der Waals surface area (Å²) in [4.78, 5) is 12.4. The lowest BCUT2D eigenvalue weighted by Gasteiger charge is -2.13. The summed E-state index contributed by atoms with van der Waals surface area (Å²) in [7, 11) is 4.34. The number of nitrogens with zero attached hydrogens (tertiary/aromatic N) is 1. The smallest absolute Gasteiger partial charge is 0.262 e. The van der Waals surface area contributed by atoms with Crippen LogP contribution >= 0.6 is 33.9 Å². The van der Waals surface area contributed by atoms with E-state index in [4.69, 9.17) is 38.6 Å². The standard InChI is InChI=1S/C10H10Cl3NO4S/c1-14(2)10(15)5-18-8-3-7(12)9(4-6(8)11)19(13,16)17/h3-4H,5H2,1-2H3. The molecule has 1 aromatic carbocycles. The maximum absolute atomic E-state index is 11.3. The van der Waals surface area contributed by atoms with Crippen molar-refractivity contribution in [1.29, 1.82) is 0 Å². The fourth-order valence-electron chi connectivity index (χ4n) is 1.08. The van der Waals surface area contributed by atoms with E-state index in [1.807, 2.05) is 0 Å². The first kappa shape index (κ1) is 16.4. The third-order valence-electron chi connectivity index (χ3n) is 2.10. The Bertz CT molecular complexity index is 601. The summed E-state index contributed by atoms with van der Waals surface area (Å²) < 4.78 is 27.5. The highest BCUT2D eigenvalue weighted by Crippen LogP contribution is 2.34. The lowest BCUT2D eigenvalue weighted by Crippen LogP contribution is -2.27. The normalized spacial score (nSPS) is 11.2. The largest absolute Gasteiger partial charge is 0.482 e. The van der Waals surface area contributed by atoms with Gasteiger partial charge in [0.1, 0.15) is 10.6 Å². The zero-order chi connectivity index (χ0) is 14.8. The van der Waals surface area contributed by atoms with Crippen molar-refractivity contribution in [2.75, 3.05) is 20.7 Å². The minimum atomic E-state index is -3.99. The van der Waals surface area contributed by atoms with E-state index in [2.05, 4.69) is 0 Å². The van der Waals surface area contributed by atoms with Crippen molar-refractivity contribution in [3.05, 3.63) is 22.2 Å². The highest BCUT2D eigenvalue weighted by Gasteiger charge is 2.18. The zero-order valence-corrected chi connectivity index (χ0v) is 13.1. The van der Waals surface area contributed by atoms with E-state index in [1.165, 1.54) is 11.0 Å². The van der Waals surface area contributed by atoms with Crippen LogP contribution in [0.4, 0.5) is 0 Å². The molecule has 0 aliphatic heterocycles. The quantitative estimate of drug-likeness (QED) is 0.785. The van der Waals surface area contributed by atoms with Gasteiger partial charge in [-0.05, 0) is 6.07 Å². The van der Waals surface area contributed by atoms with Gasteiger partial charge in [0.2, 0.25) is 0 Å². The lowest BCUT2D eigenvalue weighted by molar-refractivity contribution is -0.130. The fraction of sp³-hybridized carbons (Fsp3) is 0.300. The first-order chi connectivity index (χ1) is 8.62. The first-order valence-electron chi connectivity index (χ1n) is 4.89. The molecule has 9 heteroatoms. The van der Waals surface area contributed by atoms with Gasteiger partial charge < -0.3 is 9.64 Å². The Morgan fingerprint density at radius 3 is 2.32 bits per heavy atom. The van der Waals surface area contributed by atoms with Crippen LogP contribution in [0.2, 0.25) is 10.0 Å². The lowest BCUT2D eigenvalue weighted by atomic mass is 10.3. The Labute approximate surface area is 125 Å². The minimum Gasteiger partial charge on any atom is -0.482 e. The number of ether oxygens (including phenoxy) is 1. The van der Waals surface area contributed by atoms with Crippen molar-refractivity contribution in [3.8, 4) is 5.75 Å². The highest BCUT2D eigenvalue weighted by atomic mass is 35.7. The third-order valence-corrected chi connectivity index (χ3v) is 4.18. The number of likely N-dealkylation sites (N-methyl/N-ethyl adjacent to an activating group) is 1. The van der Waals surface area contributed by atoms with Crippen molar-refractivity contribution in [1.82, 2.24) is 4.90 Å². The molecule has 0 saturated carbocycles. The van der Waals surface area contributed by atoms with Crippen LogP contribution in [-0.2, 0) is 13.8 Å². The van der Waals surface area contributed by atoms with Crippen LogP contribution in [0.25, 0.3) is 0 Å². The summed E-state index contributed by atoms with van der Waals surface area (Å²) in [5, 5.41) is -0.137. The Hall–Kier alpha value is -0.690. The first-order valence-corrected chi connectivity index (χ1v) is 7.96. The predicted octanol–water partition coefficient (Wildman–Crippen LogP) is 2.39. The molecule has 19 heavy (non-hydrogen) atoms. The van der Waals surface area contributed by atoms with E-state index in [0.29, 0.717) is 0 Å². The molecule has 5 nitrogen and oxygen atoms in total. The van der Waals surface area contributed by atoms with E-state index in [-0.39, 0.29) is 33.2 Å². The zero-order valence-electron chi connectivity index (χ0n) is 9.98. The van der Waals surface area contributed by atoms with E-state index >= 15 is 0 Å². The van der Waals surface area contributed by atoms with Gasteiger partial charge in [-0.2, -0.15) is 0 Å². The minimum absolute atomic E-state index is 0.00446. The van der Waals surface area contributed by atoms with Crippen molar-refractivity contribution in [2.24, 2.45) is 0 Å². The molecular formula is C10H10Cl3NO4S. The molecule has 1 aromatic rings. The maximum Gasteiger partial charge on any atom is 0.262 e. The molecule has 0 fully saturated rings. The van der Waals surface area contributed by atoms with Gasteiger partial charge in [-0.1, -0.05) is 23.2 Å². The van der Waals surface area contributed by atoms with Crippen molar-refractivity contribution < 1.29 is 17.9 Å². The van der Waals surface area contributed by atoms with E-state index in [9.17, 15) is 13.2 Å². The molecule has 0 aromatic heterocycles. The van der Waals surface area contributed by atoms with E-state index in [1.54, 1.807) is 14.1 Å². The topological polar surface area (TPSA) is 63.7 Å². The molecule has 0 radical (unpaired) electrons. The molecule has 0 spiro atoms. The summed E-state index contributed by atoms with van der Waals surface area (Å²) >= 11 is 11.6. The van der Waals surface area contributed by atoms with Gasteiger partial charge in [0.25, 0.3) is 15.0 Å². The van der Waals surface area contributed by atoms with Gasteiger partial charge in [-0.25, -0.2) is 8.42 Å². The number of rotatable bonds is 4. The van der Waals surface area contributed by atoms with Crippen LogP contribution in [-0.4, -0.2) is 39.9 Å². The number of hydrogen-bond acceptors (Lipinski definition) is 4. The second kappa shape index (κ2) is 6.17. The number of carbonyl (C=O) groups is 1. The summed E-state index contributed by atoms with van der Waals surface area (Å²) in [6.45, 7) is -0.240. The second-order valence-corrected chi connectivity index (χ2v) is 7.08. The number of benzene rings is 1. The number of amides is 1. The molecule has 1 rings (SSSR count). The Balaban J connectivity index is 3.00. The summed E-state index contributed by atoms with van der Waals surface area (Å²) in [6, 6.07) is 2.27. The Morgan fingerprint density at radius 1 is 1.26 bits per heavy atom. The molecule has 0 atom stereocenters. The van der Waals surface area contributed by atoms with Gasteiger partial charge in [-0.3, -0.25) is 4.79 Å². The number of carbonyl (C=O) groups excluding carboxylic acids is 1. The van der Waals surface area contributed by atoms with E-state index in [0.717, 1.165) is 6.07 Å². The SMILES string of the molecule is CN(C)C(=O)COc1cc(Cl)c(S(=O)(=O)Cl)cc1Cl. The van der Waals surface area contributed by atoms with Crippen LogP contribution in [0.3, 0.4) is 0 Å². The molecule has 0 aliphatic rings. The van der Waals surface area contributed by atoms with Crippen LogP contribution in [0, 0.1) is 0 Å². The van der Waals surface area contributed by atoms with Crippen molar-refractivity contribution in [2.45, 2.75) is 4.90 Å². The monoisotopic (exact) mass is 345 g/mol. The second-order valence-electron chi connectivity index (χ2n) is 3.73. The van der Waals surface area contributed by atoms with Crippen LogP contribution in [0.5, 0.6) is 5.75 Å². The van der Waals surface area contributed by atoms with Gasteiger partial charge in [-0.15, -0.1) is 0 Å². The van der Waals surface area contributed by atoms with Crippen LogP contribution < -0.4 is 4.74 Å². The fourth-order valence-corrected chi connectivity index (χ4v) is 2.87. The van der Waals surface area contributed by atoms with Crippen LogP contribution in [0.1, 0.15) is 0 Å². The average molecular weight is 347 g/mol. The highest BCUT2D eigenvalue weighted by molar-refractivity contribution is 8.13. The van der Waals surface area contributed by atoms with Gasteiger partial charge in [0.05, 0.1) is 10.0 Å². The van der Waals surface area contributed by atoms with Crippen molar-refractivity contribution in [3.63, 3.8) is 0 Å². The molecule has 0 heterocycles. The van der Waals surface area contributed by atoms with Gasteiger partial charge in [0.15, 0.2) is 6.61 Å². The van der Waals surface area contributed by atoms with E-state index < -0.39 is 9.05 Å². The summed E-state index contributed by atoms with van der Waals surface area (Å²) in [5.41, 5.74) is 0. The summed E-state index contributed by atoms with van der Waals surface area (Å²) in [5.74, 6) is -0.174. The summed E-state index contributed by atoms with van der Waals surface area (Å²) in [6.07, 6.45) is 0. The maximum atomic E-state index is 11.3. The Morgan fingerprint density at radius 2 is 1.84 bits per heavy atom. The molecule has 0 N–H and O–H groups in total.